The van der Waals surface area contributed by atoms with E-state index < -0.39 is 6.61 Å². The molecule has 1 aliphatic rings. The number of carbonyl (C=O) groups is 1. The van der Waals surface area contributed by atoms with Gasteiger partial charge in [-0.3, -0.25) is 0 Å². The molecule has 1 aliphatic heterocycles. The summed E-state index contributed by atoms with van der Waals surface area (Å²) in [5.41, 5.74) is 0.391. The molecule has 2 heterocycles. The van der Waals surface area contributed by atoms with Gasteiger partial charge in [-0.25, -0.2) is 4.79 Å². The van der Waals surface area contributed by atoms with E-state index in [1.54, 1.807) is 21.9 Å². The topological polar surface area (TPSA) is 72.3 Å². The quantitative estimate of drug-likeness (QED) is 0.931. The van der Waals surface area contributed by atoms with Gasteiger partial charge in [0.1, 0.15) is 12.1 Å². The van der Waals surface area contributed by atoms with Crippen molar-refractivity contribution in [1.29, 1.82) is 0 Å². The minimum atomic E-state index is -2.91. The third-order valence-electron chi connectivity index (χ3n) is 3.87. The largest absolute Gasteiger partial charge is 0.435 e. The normalized spacial score (nSPS) is 17.3. The molecule has 1 aromatic carbocycles. The molecule has 1 atom stereocenters. The van der Waals surface area contributed by atoms with Crippen LogP contribution in [0.3, 0.4) is 0 Å². The standard InChI is InChI=1S/C15H17F2N5O2/c1-21-9-18-20-13(21)12-6-3-7-22(12)15(23)19-10-4-2-5-11(8-10)24-14(16)17/h2,4-5,8-9,12,14H,3,6-7H2,1H3,(H,19,23)/t12-/m1/s1. The summed E-state index contributed by atoms with van der Waals surface area (Å²) in [4.78, 5) is 14.2. The summed E-state index contributed by atoms with van der Waals surface area (Å²) in [6, 6.07) is 5.45. The molecule has 9 heteroatoms. The summed E-state index contributed by atoms with van der Waals surface area (Å²) in [5, 5.41) is 10.6. The summed E-state index contributed by atoms with van der Waals surface area (Å²) in [6.45, 7) is -2.31. The number of hydrogen-bond donors (Lipinski definition) is 1. The average molecular weight is 337 g/mol. The number of amides is 2. The number of aromatic nitrogens is 3. The molecule has 3 rings (SSSR count). The van der Waals surface area contributed by atoms with E-state index in [4.69, 9.17) is 0 Å². The van der Waals surface area contributed by atoms with E-state index in [-0.39, 0.29) is 17.8 Å². The highest BCUT2D eigenvalue weighted by atomic mass is 19.3. The first-order valence-corrected chi connectivity index (χ1v) is 7.51. The molecule has 0 bridgehead atoms. The Labute approximate surface area is 137 Å². The van der Waals surface area contributed by atoms with Gasteiger partial charge in [0.25, 0.3) is 0 Å². The Balaban J connectivity index is 1.71. The molecule has 1 saturated heterocycles. The van der Waals surface area contributed by atoms with Gasteiger partial charge >= 0.3 is 12.6 Å². The van der Waals surface area contributed by atoms with Crippen LogP contribution in [0.2, 0.25) is 0 Å². The molecular weight excluding hydrogens is 320 g/mol. The van der Waals surface area contributed by atoms with Gasteiger partial charge in [-0.1, -0.05) is 6.07 Å². The van der Waals surface area contributed by atoms with Gasteiger partial charge in [0.15, 0.2) is 5.82 Å². The van der Waals surface area contributed by atoms with Crippen molar-refractivity contribution >= 4 is 11.7 Å². The molecule has 0 spiro atoms. The Bertz CT molecular complexity index is 721. The molecule has 24 heavy (non-hydrogen) atoms. The van der Waals surface area contributed by atoms with Crippen molar-refractivity contribution in [3.63, 3.8) is 0 Å². The van der Waals surface area contributed by atoms with Crippen molar-refractivity contribution in [1.82, 2.24) is 19.7 Å². The predicted molar refractivity (Wildman–Crippen MR) is 81.8 cm³/mol. The third-order valence-corrected chi connectivity index (χ3v) is 3.87. The number of aryl methyl sites for hydroxylation is 1. The Morgan fingerprint density at radius 1 is 1.46 bits per heavy atom. The second-order valence-electron chi connectivity index (χ2n) is 5.49. The zero-order valence-corrected chi connectivity index (χ0v) is 13.0. The number of hydrogen-bond acceptors (Lipinski definition) is 4. The number of anilines is 1. The molecular formula is C15H17F2N5O2. The minimum absolute atomic E-state index is 0.00549. The van der Waals surface area contributed by atoms with Crippen molar-refractivity contribution in [3.05, 3.63) is 36.4 Å². The lowest BCUT2D eigenvalue weighted by Gasteiger charge is -2.24. The SMILES string of the molecule is Cn1cnnc1[C@H]1CCCN1C(=O)Nc1cccc(OC(F)F)c1. The van der Waals surface area contributed by atoms with Crippen LogP contribution >= 0.6 is 0 Å². The maximum absolute atomic E-state index is 12.5. The number of carbonyl (C=O) groups excluding carboxylic acids is 1. The average Bonchev–Trinajstić information content (AvgIpc) is 3.15. The number of nitrogens with zero attached hydrogens (tertiary/aromatic N) is 4. The van der Waals surface area contributed by atoms with Crippen LogP contribution in [-0.2, 0) is 7.05 Å². The van der Waals surface area contributed by atoms with Crippen LogP contribution in [0.15, 0.2) is 30.6 Å². The van der Waals surface area contributed by atoms with Crippen molar-refractivity contribution in [2.75, 3.05) is 11.9 Å². The van der Waals surface area contributed by atoms with Gasteiger partial charge in [-0.2, -0.15) is 8.78 Å². The fourth-order valence-corrected chi connectivity index (χ4v) is 2.82. The van der Waals surface area contributed by atoms with Crippen LogP contribution in [0.4, 0.5) is 19.3 Å². The number of urea groups is 1. The van der Waals surface area contributed by atoms with E-state index in [1.807, 2.05) is 7.05 Å². The first-order valence-electron chi connectivity index (χ1n) is 7.51. The fraction of sp³-hybridized carbons (Fsp3) is 0.400. The lowest BCUT2D eigenvalue weighted by Crippen LogP contribution is -2.35. The van der Waals surface area contributed by atoms with Crippen molar-refractivity contribution in [2.24, 2.45) is 7.05 Å². The van der Waals surface area contributed by atoms with Crippen LogP contribution < -0.4 is 10.1 Å². The molecule has 0 saturated carbocycles. The summed E-state index contributed by atoms with van der Waals surface area (Å²) < 4.78 is 30.7. The monoisotopic (exact) mass is 337 g/mol. The number of nitrogens with one attached hydrogen (secondary N) is 1. The zero-order valence-electron chi connectivity index (χ0n) is 13.0. The van der Waals surface area contributed by atoms with E-state index in [2.05, 4.69) is 20.3 Å². The lowest BCUT2D eigenvalue weighted by molar-refractivity contribution is -0.0497. The molecule has 1 fully saturated rings. The lowest BCUT2D eigenvalue weighted by atomic mass is 10.2. The number of benzene rings is 1. The molecule has 1 aromatic heterocycles. The number of rotatable bonds is 4. The maximum Gasteiger partial charge on any atom is 0.387 e. The van der Waals surface area contributed by atoms with E-state index in [0.29, 0.717) is 12.2 Å². The molecule has 0 radical (unpaired) electrons. The third kappa shape index (κ3) is 3.44. The smallest absolute Gasteiger partial charge is 0.387 e. The maximum atomic E-state index is 12.5. The van der Waals surface area contributed by atoms with Gasteiger partial charge in [0, 0.05) is 25.3 Å². The summed E-state index contributed by atoms with van der Waals surface area (Å²) in [5.74, 6) is 0.714. The Kier molecular flexibility index (Phi) is 4.59. The minimum Gasteiger partial charge on any atom is -0.435 e. The molecule has 128 valence electrons. The van der Waals surface area contributed by atoms with Crippen molar-refractivity contribution < 1.29 is 18.3 Å². The Hall–Kier alpha value is -2.71. The highest BCUT2D eigenvalue weighted by molar-refractivity contribution is 5.90. The van der Waals surface area contributed by atoms with E-state index in [9.17, 15) is 13.6 Å². The number of ether oxygens (including phenoxy) is 1. The van der Waals surface area contributed by atoms with Crippen LogP contribution in [0.25, 0.3) is 0 Å². The summed E-state index contributed by atoms with van der Waals surface area (Å²) in [6.07, 6.45) is 3.25. The molecule has 2 aromatic rings. The zero-order chi connectivity index (χ0) is 17.1. The molecule has 1 N–H and O–H groups in total. The van der Waals surface area contributed by atoms with Crippen molar-refractivity contribution in [3.8, 4) is 5.75 Å². The van der Waals surface area contributed by atoms with E-state index >= 15 is 0 Å². The predicted octanol–water partition coefficient (Wildman–Crippen LogP) is 2.79. The van der Waals surface area contributed by atoms with Gasteiger partial charge in [-0.15, -0.1) is 10.2 Å². The van der Waals surface area contributed by atoms with E-state index in [0.717, 1.165) is 18.7 Å². The highest BCUT2D eigenvalue weighted by Gasteiger charge is 2.33. The summed E-state index contributed by atoms with van der Waals surface area (Å²) in [7, 11) is 1.83. The molecule has 0 unspecified atom stereocenters. The van der Waals surface area contributed by atoms with Crippen LogP contribution in [0, 0.1) is 0 Å². The number of likely N-dealkylation sites (tertiary alicyclic amines) is 1. The first-order chi connectivity index (χ1) is 11.5. The Morgan fingerprint density at radius 2 is 2.29 bits per heavy atom. The fourth-order valence-electron chi connectivity index (χ4n) is 2.82. The molecule has 0 aliphatic carbocycles. The Morgan fingerprint density at radius 3 is 3.00 bits per heavy atom. The summed E-state index contributed by atoms with van der Waals surface area (Å²) >= 11 is 0. The van der Waals surface area contributed by atoms with Crippen LogP contribution in [0.1, 0.15) is 24.7 Å². The molecule has 7 nitrogen and oxygen atoms in total. The van der Waals surface area contributed by atoms with Gasteiger partial charge in [0.2, 0.25) is 0 Å². The van der Waals surface area contributed by atoms with Crippen molar-refractivity contribution in [2.45, 2.75) is 25.5 Å². The highest BCUT2D eigenvalue weighted by Crippen LogP contribution is 2.31. The van der Waals surface area contributed by atoms with Crippen LogP contribution in [0.5, 0.6) is 5.75 Å². The number of alkyl halides is 2. The number of halogens is 2. The first kappa shape index (κ1) is 16.2. The second kappa shape index (κ2) is 6.81. The van der Waals surface area contributed by atoms with Gasteiger partial charge in [0.05, 0.1) is 6.04 Å². The van der Waals surface area contributed by atoms with Gasteiger partial charge < -0.3 is 19.5 Å². The second-order valence-corrected chi connectivity index (χ2v) is 5.49. The van der Waals surface area contributed by atoms with Gasteiger partial charge in [-0.05, 0) is 25.0 Å². The van der Waals surface area contributed by atoms with Crippen LogP contribution in [-0.4, -0.2) is 38.9 Å². The van der Waals surface area contributed by atoms with E-state index in [1.165, 1.54) is 18.2 Å². The molecule has 2 amide bonds.